The number of allylic oxidation sites excluding steroid dienone is 2. The molecule has 0 amide bonds. The molecular weight excluding hydrogens is 318 g/mol. The summed E-state index contributed by atoms with van der Waals surface area (Å²) in [6.07, 6.45) is 23.1. The van der Waals surface area contributed by atoms with Crippen LogP contribution in [0.2, 0.25) is 0 Å². The third-order valence-electron chi connectivity index (χ3n) is 4.99. The van der Waals surface area contributed by atoms with Crippen LogP contribution in [0.25, 0.3) is 11.1 Å². The molecule has 1 aromatic heterocycles. The molecule has 0 radical (unpaired) electrons. The van der Waals surface area contributed by atoms with E-state index in [9.17, 15) is 0 Å². The van der Waals surface area contributed by atoms with Crippen LogP contribution in [0.4, 0.5) is 0 Å². The summed E-state index contributed by atoms with van der Waals surface area (Å²) in [7, 11) is 0. The van der Waals surface area contributed by atoms with Gasteiger partial charge >= 0.3 is 0 Å². The van der Waals surface area contributed by atoms with E-state index in [2.05, 4.69) is 24.1 Å². The molecule has 0 atom stereocenters. The van der Waals surface area contributed by atoms with E-state index >= 15 is 0 Å². The molecule has 0 aliphatic heterocycles. The highest BCUT2D eigenvalue weighted by molar-refractivity contribution is 5.72. The van der Waals surface area contributed by atoms with Crippen LogP contribution < -0.4 is 0 Å². The molecule has 0 aliphatic carbocycles. The topological polar surface area (TPSA) is 26.0 Å². The normalized spacial score (nSPS) is 11.7. The smallest absolute Gasteiger partial charge is 0.195 e. The van der Waals surface area contributed by atoms with Crippen molar-refractivity contribution in [2.24, 2.45) is 0 Å². The van der Waals surface area contributed by atoms with E-state index in [1.807, 2.05) is 24.3 Å². The average molecular weight is 356 g/mol. The zero-order valence-electron chi connectivity index (χ0n) is 16.7. The first-order chi connectivity index (χ1) is 12.9. The fraction of sp³-hybridized carbons (Fsp3) is 0.625. The van der Waals surface area contributed by atoms with E-state index in [4.69, 9.17) is 4.42 Å². The number of benzene rings is 1. The molecule has 0 saturated heterocycles. The summed E-state index contributed by atoms with van der Waals surface area (Å²) in [6, 6.07) is 8.02. The molecule has 2 aromatic rings. The van der Waals surface area contributed by atoms with Crippen LogP contribution in [0.15, 0.2) is 40.8 Å². The van der Waals surface area contributed by atoms with Gasteiger partial charge < -0.3 is 4.42 Å². The third kappa shape index (κ3) is 8.69. The lowest BCUT2D eigenvalue weighted by molar-refractivity contribution is 0.506. The molecular formula is C24H37NO. The van der Waals surface area contributed by atoms with Crippen LogP contribution in [0.3, 0.4) is 0 Å². The van der Waals surface area contributed by atoms with Gasteiger partial charge in [0.25, 0.3) is 0 Å². The number of rotatable bonds is 15. The van der Waals surface area contributed by atoms with Crippen LogP contribution in [0, 0.1) is 0 Å². The Morgan fingerprint density at radius 3 is 2.08 bits per heavy atom. The van der Waals surface area contributed by atoms with Gasteiger partial charge in [-0.3, -0.25) is 0 Å². The molecule has 0 fully saturated rings. The molecule has 1 heterocycles. The van der Waals surface area contributed by atoms with Crippen molar-refractivity contribution in [1.29, 1.82) is 0 Å². The van der Waals surface area contributed by atoms with Gasteiger partial charge in [0, 0.05) is 6.42 Å². The molecule has 0 N–H and O–H groups in total. The number of fused-ring (bicyclic) bond motifs is 1. The number of nitrogens with zero attached hydrogens (tertiary/aromatic N) is 1. The minimum absolute atomic E-state index is 0.892. The van der Waals surface area contributed by atoms with Crippen LogP contribution >= 0.6 is 0 Å². The molecule has 0 saturated carbocycles. The highest BCUT2D eigenvalue weighted by Crippen LogP contribution is 2.17. The summed E-state index contributed by atoms with van der Waals surface area (Å²) in [5, 5.41) is 0. The van der Waals surface area contributed by atoms with Gasteiger partial charge in [0.1, 0.15) is 5.52 Å². The quantitative estimate of drug-likeness (QED) is 0.239. The van der Waals surface area contributed by atoms with Crippen molar-refractivity contribution in [2.75, 3.05) is 0 Å². The highest BCUT2D eigenvalue weighted by atomic mass is 16.3. The van der Waals surface area contributed by atoms with Crippen molar-refractivity contribution in [3.63, 3.8) is 0 Å². The van der Waals surface area contributed by atoms with Crippen molar-refractivity contribution in [3.8, 4) is 0 Å². The highest BCUT2D eigenvalue weighted by Gasteiger charge is 2.04. The molecule has 144 valence electrons. The summed E-state index contributed by atoms with van der Waals surface area (Å²) in [5.41, 5.74) is 1.89. The van der Waals surface area contributed by atoms with Gasteiger partial charge in [-0.15, -0.1) is 0 Å². The fourth-order valence-electron chi connectivity index (χ4n) is 3.37. The Labute approximate surface area is 160 Å². The molecule has 26 heavy (non-hydrogen) atoms. The summed E-state index contributed by atoms with van der Waals surface area (Å²) in [5.74, 6) is 0.892. The number of para-hydroxylation sites is 2. The van der Waals surface area contributed by atoms with E-state index in [0.717, 1.165) is 23.4 Å². The molecule has 2 nitrogen and oxygen atoms in total. The van der Waals surface area contributed by atoms with Crippen molar-refractivity contribution in [2.45, 2.75) is 96.8 Å². The van der Waals surface area contributed by atoms with Gasteiger partial charge in [-0.25, -0.2) is 4.98 Å². The predicted octanol–water partition coefficient (Wildman–Crippen LogP) is 8.02. The Kier molecular flexibility index (Phi) is 10.9. The van der Waals surface area contributed by atoms with Crippen molar-refractivity contribution >= 4 is 11.1 Å². The average Bonchev–Trinajstić information content (AvgIpc) is 3.07. The second kappa shape index (κ2) is 13.6. The van der Waals surface area contributed by atoms with Crippen molar-refractivity contribution < 1.29 is 4.42 Å². The number of hydrogen-bond acceptors (Lipinski definition) is 2. The van der Waals surface area contributed by atoms with E-state index < -0.39 is 0 Å². The summed E-state index contributed by atoms with van der Waals surface area (Å²) in [6.45, 7) is 2.28. The second-order valence-corrected chi connectivity index (χ2v) is 7.41. The second-order valence-electron chi connectivity index (χ2n) is 7.41. The van der Waals surface area contributed by atoms with E-state index in [1.165, 1.54) is 83.5 Å². The van der Waals surface area contributed by atoms with Crippen LogP contribution in [0.5, 0.6) is 0 Å². The van der Waals surface area contributed by atoms with Gasteiger partial charge in [0.15, 0.2) is 11.5 Å². The SMILES string of the molecule is CCCCCCCC/C=C/CCCCCCCc1nc2ccccc2o1. The first-order valence-corrected chi connectivity index (χ1v) is 10.9. The minimum Gasteiger partial charge on any atom is -0.441 e. The maximum atomic E-state index is 5.77. The number of unbranched alkanes of at least 4 members (excludes halogenated alkanes) is 11. The Bertz CT molecular complexity index is 580. The number of hydrogen-bond donors (Lipinski definition) is 0. The number of oxazole rings is 1. The van der Waals surface area contributed by atoms with Crippen molar-refractivity contribution in [1.82, 2.24) is 4.98 Å². The molecule has 0 aliphatic rings. The molecule has 0 bridgehead atoms. The molecule has 0 unspecified atom stereocenters. The third-order valence-corrected chi connectivity index (χ3v) is 4.99. The predicted molar refractivity (Wildman–Crippen MR) is 113 cm³/mol. The Morgan fingerprint density at radius 2 is 1.38 bits per heavy atom. The molecule has 1 aromatic carbocycles. The first kappa shape index (κ1) is 20.7. The molecule has 0 spiro atoms. The Hall–Kier alpha value is -1.57. The van der Waals surface area contributed by atoms with Crippen molar-refractivity contribution in [3.05, 3.63) is 42.3 Å². The zero-order chi connectivity index (χ0) is 18.3. The van der Waals surface area contributed by atoms with E-state index in [-0.39, 0.29) is 0 Å². The van der Waals surface area contributed by atoms with E-state index in [1.54, 1.807) is 0 Å². The zero-order valence-corrected chi connectivity index (χ0v) is 16.7. The monoisotopic (exact) mass is 355 g/mol. The maximum Gasteiger partial charge on any atom is 0.195 e. The van der Waals surface area contributed by atoms with Gasteiger partial charge in [-0.05, 0) is 44.2 Å². The number of aromatic nitrogens is 1. The van der Waals surface area contributed by atoms with E-state index in [0.29, 0.717) is 0 Å². The summed E-state index contributed by atoms with van der Waals surface area (Å²) >= 11 is 0. The molecule has 2 heteroatoms. The van der Waals surface area contributed by atoms with Gasteiger partial charge in [-0.2, -0.15) is 0 Å². The lowest BCUT2D eigenvalue weighted by Gasteiger charge is -1.99. The van der Waals surface area contributed by atoms with Crippen LogP contribution in [-0.4, -0.2) is 4.98 Å². The first-order valence-electron chi connectivity index (χ1n) is 10.9. The standard InChI is InChI=1S/C24H37NO/c1-2-3-4-5-6-7-8-9-10-11-12-13-14-15-16-21-24-25-22-19-17-18-20-23(22)26-24/h9-10,17-20H,2-8,11-16,21H2,1H3/b10-9+. The fourth-order valence-corrected chi connectivity index (χ4v) is 3.37. The Balaban J connectivity index is 1.38. The lowest BCUT2D eigenvalue weighted by atomic mass is 10.1. The largest absolute Gasteiger partial charge is 0.441 e. The van der Waals surface area contributed by atoms with Crippen LogP contribution in [0.1, 0.15) is 96.3 Å². The van der Waals surface area contributed by atoms with Gasteiger partial charge in [0.05, 0.1) is 0 Å². The van der Waals surface area contributed by atoms with Gasteiger partial charge in [-0.1, -0.05) is 82.6 Å². The summed E-state index contributed by atoms with van der Waals surface area (Å²) < 4.78 is 5.77. The minimum atomic E-state index is 0.892. The molecule has 2 rings (SSSR count). The number of aryl methyl sites for hydroxylation is 1. The Morgan fingerprint density at radius 1 is 0.769 bits per heavy atom. The van der Waals surface area contributed by atoms with Crippen LogP contribution in [-0.2, 0) is 6.42 Å². The summed E-state index contributed by atoms with van der Waals surface area (Å²) in [4.78, 5) is 4.54. The maximum absolute atomic E-state index is 5.77. The lowest BCUT2D eigenvalue weighted by Crippen LogP contribution is -1.86. The van der Waals surface area contributed by atoms with Gasteiger partial charge in [0.2, 0.25) is 0 Å².